The highest BCUT2D eigenvalue weighted by atomic mass is 19.1. The van der Waals surface area contributed by atoms with Gasteiger partial charge in [-0.05, 0) is 31.2 Å². The second-order valence-corrected chi connectivity index (χ2v) is 4.52. The lowest BCUT2D eigenvalue weighted by Crippen LogP contribution is -2.25. The Bertz CT molecular complexity index is 570. The molecule has 0 saturated heterocycles. The molecule has 1 aromatic heterocycles. The first-order valence-electron chi connectivity index (χ1n) is 6.69. The van der Waals surface area contributed by atoms with Gasteiger partial charge in [-0.25, -0.2) is 8.78 Å². The average Bonchev–Trinajstić information content (AvgIpc) is 2.50. The zero-order valence-electron chi connectivity index (χ0n) is 11.9. The first-order chi connectivity index (χ1) is 10.2. The Balaban J connectivity index is 2.26. The van der Waals surface area contributed by atoms with Gasteiger partial charge in [0.1, 0.15) is 11.6 Å². The summed E-state index contributed by atoms with van der Waals surface area (Å²) in [5.74, 6) is -0.718. The van der Waals surface area contributed by atoms with Crippen molar-refractivity contribution in [2.45, 2.75) is 19.4 Å². The van der Waals surface area contributed by atoms with Crippen molar-refractivity contribution in [3.8, 4) is 5.88 Å². The summed E-state index contributed by atoms with van der Waals surface area (Å²) in [7, 11) is 1.50. The molecule has 0 aliphatic carbocycles. The van der Waals surface area contributed by atoms with Gasteiger partial charge in [0, 0.05) is 11.6 Å². The first kappa shape index (κ1) is 15.3. The highest BCUT2D eigenvalue weighted by molar-refractivity contribution is 5.23. The lowest BCUT2D eigenvalue weighted by Gasteiger charge is -2.17. The molecule has 0 bridgehead atoms. The smallest absolute Gasteiger partial charge is 0.233 e. The zero-order chi connectivity index (χ0) is 15.2. The van der Waals surface area contributed by atoms with Crippen LogP contribution in [-0.2, 0) is 6.42 Å². The number of hydrogen-bond acceptors (Lipinski definition) is 4. The third kappa shape index (κ3) is 3.72. The molecule has 0 fully saturated rings. The average molecular weight is 293 g/mol. The summed E-state index contributed by atoms with van der Waals surface area (Å²) in [6, 6.07) is 6.94. The van der Waals surface area contributed by atoms with E-state index in [4.69, 9.17) is 4.74 Å². The van der Waals surface area contributed by atoms with Gasteiger partial charge in [0.15, 0.2) is 0 Å². The molecule has 1 atom stereocenters. The molecule has 0 spiro atoms. The van der Waals surface area contributed by atoms with E-state index in [1.807, 2.05) is 6.92 Å². The predicted molar refractivity (Wildman–Crippen MR) is 75.1 cm³/mol. The molecular formula is C15H17F2N3O. The summed E-state index contributed by atoms with van der Waals surface area (Å²) >= 11 is 0. The quantitative estimate of drug-likeness (QED) is 0.889. The molecule has 0 amide bonds. The molecule has 1 heterocycles. The van der Waals surface area contributed by atoms with E-state index in [0.717, 1.165) is 0 Å². The minimum atomic E-state index is -0.556. The third-order valence-electron chi connectivity index (χ3n) is 3.15. The normalized spacial score (nSPS) is 12.2. The number of likely N-dealkylation sites (N-methyl/N-ethyl adjacent to an activating group) is 1. The molecule has 21 heavy (non-hydrogen) atoms. The van der Waals surface area contributed by atoms with Crippen LogP contribution in [0.5, 0.6) is 5.88 Å². The molecule has 0 radical (unpaired) electrons. The molecule has 1 unspecified atom stereocenters. The second-order valence-electron chi connectivity index (χ2n) is 4.52. The molecule has 1 N–H and O–H groups in total. The van der Waals surface area contributed by atoms with Crippen LogP contribution in [0, 0.1) is 11.6 Å². The summed E-state index contributed by atoms with van der Waals surface area (Å²) < 4.78 is 32.5. The van der Waals surface area contributed by atoms with Crippen LogP contribution in [0.4, 0.5) is 8.78 Å². The van der Waals surface area contributed by atoms with Crippen molar-refractivity contribution >= 4 is 0 Å². The number of halogens is 2. The number of methoxy groups -OCH3 is 1. The Morgan fingerprint density at radius 1 is 1.14 bits per heavy atom. The lowest BCUT2D eigenvalue weighted by molar-refractivity contribution is 0.388. The molecular weight excluding hydrogens is 276 g/mol. The van der Waals surface area contributed by atoms with Crippen LogP contribution in [0.3, 0.4) is 0 Å². The van der Waals surface area contributed by atoms with Gasteiger partial charge in [-0.2, -0.15) is 5.10 Å². The minimum absolute atomic E-state index is 0.0427. The third-order valence-corrected chi connectivity index (χ3v) is 3.15. The van der Waals surface area contributed by atoms with E-state index in [1.54, 1.807) is 12.1 Å². The van der Waals surface area contributed by atoms with Crippen LogP contribution >= 0.6 is 0 Å². The lowest BCUT2D eigenvalue weighted by atomic mass is 10.0. The van der Waals surface area contributed by atoms with Crippen LogP contribution in [0.25, 0.3) is 0 Å². The van der Waals surface area contributed by atoms with Crippen molar-refractivity contribution in [3.05, 3.63) is 53.2 Å². The highest BCUT2D eigenvalue weighted by Crippen LogP contribution is 2.21. The Morgan fingerprint density at radius 3 is 2.38 bits per heavy atom. The Hall–Kier alpha value is -2.08. The first-order valence-corrected chi connectivity index (χ1v) is 6.69. The van der Waals surface area contributed by atoms with Crippen molar-refractivity contribution < 1.29 is 13.5 Å². The van der Waals surface area contributed by atoms with Gasteiger partial charge in [0.2, 0.25) is 5.88 Å². The van der Waals surface area contributed by atoms with Crippen molar-refractivity contribution in [1.82, 2.24) is 15.5 Å². The summed E-state index contributed by atoms with van der Waals surface area (Å²) in [5.41, 5.74) is 0.654. The molecule has 2 aromatic rings. The van der Waals surface area contributed by atoms with E-state index < -0.39 is 11.6 Å². The number of nitrogens with zero attached hydrogens (tertiary/aromatic N) is 2. The maximum atomic E-state index is 13.8. The van der Waals surface area contributed by atoms with E-state index in [9.17, 15) is 8.78 Å². The SMILES string of the molecule is CCNC(Cc1c(F)cccc1F)c1ccc(OC)nn1. The van der Waals surface area contributed by atoms with Gasteiger partial charge < -0.3 is 10.1 Å². The number of benzene rings is 1. The molecule has 112 valence electrons. The minimum Gasteiger partial charge on any atom is -0.480 e. The molecule has 0 saturated carbocycles. The van der Waals surface area contributed by atoms with Gasteiger partial charge in [-0.3, -0.25) is 0 Å². The predicted octanol–water partition coefficient (Wildman–Crippen LogP) is 2.66. The number of hydrogen-bond donors (Lipinski definition) is 1. The zero-order valence-corrected chi connectivity index (χ0v) is 11.9. The van der Waals surface area contributed by atoms with Crippen molar-refractivity contribution in [1.29, 1.82) is 0 Å². The molecule has 1 aromatic carbocycles. The van der Waals surface area contributed by atoms with Crippen molar-refractivity contribution in [2.24, 2.45) is 0 Å². The number of rotatable bonds is 6. The maximum absolute atomic E-state index is 13.8. The fourth-order valence-electron chi connectivity index (χ4n) is 2.08. The topological polar surface area (TPSA) is 47.0 Å². The highest BCUT2D eigenvalue weighted by Gasteiger charge is 2.18. The van der Waals surface area contributed by atoms with E-state index in [-0.39, 0.29) is 18.0 Å². The van der Waals surface area contributed by atoms with E-state index in [2.05, 4.69) is 15.5 Å². The molecule has 0 aliphatic rings. The summed E-state index contributed by atoms with van der Waals surface area (Å²) in [6.07, 6.45) is 0.160. The molecule has 0 aliphatic heterocycles. The van der Waals surface area contributed by atoms with Gasteiger partial charge >= 0.3 is 0 Å². The van der Waals surface area contributed by atoms with E-state index >= 15 is 0 Å². The fourth-order valence-corrected chi connectivity index (χ4v) is 2.08. The fraction of sp³-hybridized carbons (Fsp3) is 0.333. The largest absolute Gasteiger partial charge is 0.480 e. The maximum Gasteiger partial charge on any atom is 0.233 e. The second kappa shape index (κ2) is 7.08. The molecule has 4 nitrogen and oxygen atoms in total. The Labute approximate surface area is 122 Å². The Morgan fingerprint density at radius 2 is 1.86 bits per heavy atom. The molecule has 2 rings (SSSR count). The summed E-state index contributed by atoms with van der Waals surface area (Å²) in [5, 5.41) is 11.1. The van der Waals surface area contributed by atoms with E-state index in [0.29, 0.717) is 18.1 Å². The number of nitrogens with one attached hydrogen (secondary N) is 1. The van der Waals surface area contributed by atoms with E-state index in [1.165, 1.54) is 25.3 Å². The van der Waals surface area contributed by atoms with Gasteiger partial charge in [0.25, 0.3) is 0 Å². The van der Waals surface area contributed by atoms with Crippen molar-refractivity contribution in [2.75, 3.05) is 13.7 Å². The number of aromatic nitrogens is 2. The monoisotopic (exact) mass is 293 g/mol. The Kier molecular flexibility index (Phi) is 5.16. The molecule has 6 heteroatoms. The van der Waals surface area contributed by atoms with Crippen LogP contribution in [0.15, 0.2) is 30.3 Å². The van der Waals surface area contributed by atoms with Gasteiger partial charge in [-0.1, -0.05) is 13.0 Å². The standard InChI is InChI=1S/C15H17F2N3O/c1-3-18-14(13-7-8-15(21-2)20-19-13)9-10-11(16)5-4-6-12(10)17/h4-8,14,18H,3,9H2,1-2H3. The van der Waals surface area contributed by atoms with Gasteiger partial charge in [0.05, 0.1) is 18.8 Å². The summed E-state index contributed by atoms with van der Waals surface area (Å²) in [6.45, 7) is 2.57. The van der Waals surface area contributed by atoms with Crippen LogP contribution < -0.4 is 10.1 Å². The van der Waals surface area contributed by atoms with Gasteiger partial charge in [-0.15, -0.1) is 5.10 Å². The van der Waals surface area contributed by atoms with Crippen LogP contribution in [0.2, 0.25) is 0 Å². The summed E-state index contributed by atoms with van der Waals surface area (Å²) in [4.78, 5) is 0. The van der Waals surface area contributed by atoms with Crippen LogP contribution in [-0.4, -0.2) is 23.9 Å². The number of ether oxygens (including phenoxy) is 1. The van der Waals surface area contributed by atoms with Crippen LogP contribution in [0.1, 0.15) is 24.2 Å². The van der Waals surface area contributed by atoms with Crippen molar-refractivity contribution in [3.63, 3.8) is 0 Å².